The van der Waals surface area contributed by atoms with E-state index in [0.717, 1.165) is 10.6 Å². The number of carbonyl (C=O) groups excluding carboxylic acids is 1. The molecule has 0 saturated carbocycles. The number of halogens is 1. The van der Waals surface area contributed by atoms with Crippen LogP contribution in [0.4, 0.5) is 10.1 Å². The van der Waals surface area contributed by atoms with Crippen molar-refractivity contribution in [1.29, 1.82) is 0 Å². The second-order valence-electron chi connectivity index (χ2n) is 4.81. The summed E-state index contributed by atoms with van der Waals surface area (Å²) in [5.41, 5.74) is 0.727. The van der Waals surface area contributed by atoms with Crippen LogP contribution in [0, 0.1) is 5.82 Å². The van der Waals surface area contributed by atoms with Crippen LogP contribution in [-0.4, -0.2) is 38.7 Å². The average Bonchev–Trinajstić information content (AvgIpc) is 2.52. The molecule has 0 aliphatic carbocycles. The van der Waals surface area contributed by atoms with Crippen molar-refractivity contribution in [1.82, 2.24) is 10.3 Å². The van der Waals surface area contributed by atoms with Gasteiger partial charge in [-0.3, -0.25) is 14.1 Å². The molecule has 1 amide bonds. The fourth-order valence-electron chi connectivity index (χ4n) is 1.96. The third kappa shape index (κ3) is 4.75. The predicted octanol–water partition coefficient (Wildman–Crippen LogP) is 1.42. The molecule has 1 N–H and O–H groups in total. The van der Waals surface area contributed by atoms with Gasteiger partial charge in [-0.15, -0.1) is 0 Å². The van der Waals surface area contributed by atoms with Gasteiger partial charge >= 0.3 is 0 Å². The number of hydrogen-bond acceptors (Lipinski definition) is 4. The third-order valence-corrected chi connectivity index (χ3v) is 4.23. The molecule has 122 valence electrons. The highest BCUT2D eigenvalue weighted by Crippen LogP contribution is 2.17. The normalized spacial score (nSPS) is 11.0. The maximum absolute atomic E-state index is 13.0. The number of nitrogens with one attached hydrogen (secondary N) is 1. The second-order valence-corrected chi connectivity index (χ2v) is 6.72. The van der Waals surface area contributed by atoms with Crippen molar-refractivity contribution in [3.05, 3.63) is 60.2 Å². The molecule has 8 heteroatoms. The molecule has 1 heterocycles. The number of benzene rings is 1. The van der Waals surface area contributed by atoms with Crippen LogP contribution in [-0.2, 0) is 10.0 Å². The molecule has 0 spiro atoms. The topological polar surface area (TPSA) is 79.4 Å². The van der Waals surface area contributed by atoms with Gasteiger partial charge in [0.15, 0.2) is 0 Å². The van der Waals surface area contributed by atoms with Gasteiger partial charge in [0.2, 0.25) is 10.0 Å². The minimum Gasteiger partial charge on any atom is -0.350 e. The van der Waals surface area contributed by atoms with Crippen molar-refractivity contribution < 1.29 is 17.6 Å². The molecule has 23 heavy (non-hydrogen) atoms. The maximum Gasteiger partial charge on any atom is 0.252 e. The number of sulfonamides is 1. The Morgan fingerprint density at radius 3 is 2.52 bits per heavy atom. The molecular weight excluding hydrogens is 321 g/mol. The summed E-state index contributed by atoms with van der Waals surface area (Å²) in [5.74, 6) is -0.794. The van der Waals surface area contributed by atoms with Gasteiger partial charge in [-0.1, -0.05) is 0 Å². The third-order valence-electron chi connectivity index (χ3n) is 3.04. The first-order valence-corrected chi connectivity index (χ1v) is 8.64. The van der Waals surface area contributed by atoms with Crippen molar-refractivity contribution >= 4 is 21.6 Å². The first kappa shape index (κ1) is 16.9. The predicted molar refractivity (Wildman–Crippen MR) is 85.2 cm³/mol. The molecule has 1 aromatic heterocycles. The lowest BCUT2D eigenvalue weighted by Crippen LogP contribution is -2.38. The number of nitrogens with zero attached hydrogens (tertiary/aromatic N) is 2. The molecule has 0 aliphatic heterocycles. The zero-order valence-electron chi connectivity index (χ0n) is 12.4. The van der Waals surface area contributed by atoms with Crippen LogP contribution in [0.15, 0.2) is 48.8 Å². The standard InChI is InChI=1S/C15H16FN3O3S/c1-23(21,22)19(14-6-4-13(16)5-7-14)10-9-18-15(20)12-3-2-8-17-11-12/h2-8,11H,9-10H2,1H3,(H,18,20). The summed E-state index contributed by atoms with van der Waals surface area (Å²) in [6.07, 6.45) is 4.03. The van der Waals surface area contributed by atoms with Crippen LogP contribution < -0.4 is 9.62 Å². The minimum absolute atomic E-state index is 0.0382. The van der Waals surface area contributed by atoms with Crippen molar-refractivity contribution in [3.63, 3.8) is 0 Å². The first-order valence-electron chi connectivity index (χ1n) is 6.79. The van der Waals surface area contributed by atoms with Gasteiger partial charge in [-0.2, -0.15) is 0 Å². The number of anilines is 1. The van der Waals surface area contributed by atoms with Gasteiger partial charge in [0.25, 0.3) is 5.91 Å². The van der Waals surface area contributed by atoms with Crippen LogP contribution in [0.2, 0.25) is 0 Å². The van der Waals surface area contributed by atoms with Gasteiger partial charge in [0.1, 0.15) is 5.82 Å². The van der Waals surface area contributed by atoms with E-state index in [1.807, 2.05) is 0 Å². The van der Waals surface area contributed by atoms with Gasteiger partial charge in [0, 0.05) is 18.9 Å². The molecule has 0 bridgehead atoms. The second kappa shape index (κ2) is 7.19. The summed E-state index contributed by atoms with van der Waals surface area (Å²) in [7, 11) is -3.55. The van der Waals surface area contributed by atoms with E-state index < -0.39 is 15.8 Å². The first-order chi connectivity index (χ1) is 10.9. The highest BCUT2D eigenvalue weighted by Gasteiger charge is 2.17. The Balaban J connectivity index is 2.02. The smallest absolute Gasteiger partial charge is 0.252 e. The Morgan fingerprint density at radius 1 is 1.26 bits per heavy atom. The molecule has 0 saturated heterocycles. The lowest BCUT2D eigenvalue weighted by Gasteiger charge is -2.22. The van der Waals surface area contributed by atoms with Gasteiger partial charge in [-0.25, -0.2) is 12.8 Å². The molecule has 6 nitrogen and oxygen atoms in total. The lowest BCUT2D eigenvalue weighted by molar-refractivity contribution is 0.0954. The van der Waals surface area contributed by atoms with Gasteiger partial charge in [-0.05, 0) is 36.4 Å². The highest BCUT2D eigenvalue weighted by molar-refractivity contribution is 7.92. The van der Waals surface area contributed by atoms with E-state index in [9.17, 15) is 17.6 Å². The fraction of sp³-hybridized carbons (Fsp3) is 0.200. The SMILES string of the molecule is CS(=O)(=O)N(CCNC(=O)c1cccnc1)c1ccc(F)cc1. The number of amides is 1. The van der Waals surface area contributed by atoms with Crippen molar-refractivity contribution in [2.45, 2.75) is 0 Å². The largest absolute Gasteiger partial charge is 0.350 e. The van der Waals surface area contributed by atoms with Gasteiger partial charge in [0.05, 0.1) is 24.1 Å². The summed E-state index contributed by atoms with van der Waals surface area (Å²) in [6.45, 7) is 0.147. The van der Waals surface area contributed by atoms with E-state index in [1.165, 1.54) is 30.5 Å². The van der Waals surface area contributed by atoms with E-state index in [0.29, 0.717) is 11.3 Å². The molecule has 1 aromatic carbocycles. The lowest BCUT2D eigenvalue weighted by atomic mass is 10.2. The average molecular weight is 337 g/mol. The zero-order valence-corrected chi connectivity index (χ0v) is 13.3. The van der Waals surface area contributed by atoms with Crippen LogP contribution in [0.1, 0.15) is 10.4 Å². The minimum atomic E-state index is -3.55. The Kier molecular flexibility index (Phi) is 5.28. The molecule has 0 radical (unpaired) electrons. The monoisotopic (exact) mass is 337 g/mol. The summed E-state index contributed by atoms with van der Waals surface area (Å²) in [6, 6.07) is 8.36. The molecule has 2 rings (SSSR count). The van der Waals surface area contributed by atoms with Crippen molar-refractivity contribution in [3.8, 4) is 0 Å². The number of aromatic nitrogens is 1. The highest BCUT2D eigenvalue weighted by atomic mass is 32.2. The molecule has 0 aliphatic rings. The summed E-state index contributed by atoms with van der Waals surface area (Å²) in [4.78, 5) is 15.7. The Morgan fingerprint density at radius 2 is 1.96 bits per heavy atom. The number of pyridine rings is 1. The van der Waals surface area contributed by atoms with E-state index >= 15 is 0 Å². The van der Waals surface area contributed by atoms with E-state index in [4.69, 9.17) is 0 Å². The van der Waals surface area contributed by atoms with Crippen LogP contribution in [0.3, 0.4) is 0 Å². The summed E-state index contributed by atoms with van der Waals surface area (Å²) in [5, 5.41) is 2.62. The Bertz CT molecular complexity index is 764. The molecular formula is C15H16FN3O3S. The Labute approximate surface area is 134 Å². The van der Waals surface area contributed by atoms with Crippen LogP contribution in [0.25, 0.3) is 0 Å². The van der Waals surface area contributed by atoms with Crippen molar-refractivity contribution in [2.24, 2.45) is 0 Å². The zero-order chi connectivity index (χ0) is 16.9. The quantitative estimate of drug-likeness (QED) is 0.864. The van der Waals surface area contributed by atoms with E-state index in [1.54, 1.807) is 18.3 Å². The summed E-state index contributed by atoms with van der Waals surface area (Å²) < 4.78 is 37.8. The fourth-order valence-corrected chi connectivity index (χ4v) is 2.89. The number of hydrogen-bond donors (Lipinski definition) is 1. The Hall–Kier alpha value is -2.48. The molecule has 2 aromatic rings. The molecule has 0 atom stereocenters. The molecule has 0 fully saturated rings. The number of rotatable bonds is 6. The van der Waals surface area contributed by atoms with Gasteiger partial charge < -0.3 is 5.32 Å². The van der Waals surface area contributed by atoms with Crippen LogP contribution in [0.5, 0.6) is 0 Å². The number of carbonyl (C=O) groups is 1. The summed E-state index contributed by atoms with van der Waals surface area (Å²) >= 11 is 0. The van der Waals surface area contributed by atoms with Crippen molar-refractivity contribution in [2.75, 3.05) is 23.7 Å². The molecule has 0 unspecified atom stereocenters. The van der Waals surface area contributed by atoms with E-state index in [2.05, 4.69) is 10.3 Å². The van der Waals surface area contributed by atoms with Crippen LogP contribution >= 0.6 is 0 Å². The van der Waals surface area contributed by atoms with E-state index in [-0.39, 0.29) is 19.0 Å². The maximum atomic E-state index is 13.0.